The number of anilines is 1. The Balaban J connectivity index is 2.33. The second kappa shape index (κ2) is 4.52. The maximum atomic E-state index is 10.9. The molecule has 1 aromatic carbocycles. The lowest BCUT2D eigenvalue weighted by atomic mass is 10.2. The molecule has 2 rings (SSSR count). The van der Waals surface area contributed by atoms with Crippen LogP contribution >= 0.6 is 0 Å². The first kappa shape index (κ1) is 12.2. The van der Waals surface area contributed by atoms with Gasteiger partial charge in [-0.2, -0.15) is 5.10 Å². The smallest absolute Gasteiger partial charge is 0.198 e. The summed E-state index contributed by atoms with van der Waals surface area (Å²) in [4.78, 5) is 10.9. The van der Waals surface area contributed by atoms with E-state index in [2.05, 4.69) is 5.10 Å². The molecule has 0 unspecified atom stereocenters. The molecule has 5 heteroatoms. The number of ether oxygens (including phenoxy) is 1. The van der Waals surface area contributed by atoms with Crippen LogP contribution in [0.1, 0.15) is 24.2 Å². The van der Waals surface area contributed by atoms with Crippen LogP contribution in [0, 0.1) is 0 Å². The molecule has 0 saturated heterocycles. The van der Waals surface area contributed by atoms with E-state index in [1.54, 1.807) is 35.1 Å². The quantitative estimate of drug-likeness (QED) is 0.837. The van der Waals surface area contributed by atoms with E-state index in [4.69, 9.17) is 10.5 Å². The molecule has 0 bridgehead atoms. The largest absolute Gasteiger partial charge is 0.466 e. The van der Waals surface area contributed by atoms with Crippen molar-refractivity contribution in [3.05, 3.63) is 42.1 Å². The maximum absolute atomic E-state index is 10.9. The molecule has 0 aliphatic carbocycles. The standard InChI is InChI=1S/C13H15N3O2/c1-13(2,16-12(14)7-8-15-16)18-11-6-4-3-5-10(11)9-17/h3-9H,14H2,1-2H3. The molecule has 0 amide bonds. The van der Waals surface area contributed by atoms with E-state index >= 15 is 0 Å². The lowest BCUT2D eigenvalue weighted by Gasteiger charge is -2.28. The minimum atomic E-state index is -0.771. The Morgan fingerprint density at radius 1 is 1.33 bits per heavy atom. The zero-order valence-corrected chi connectivity index (χ0v) is 10.3. The maximum Gasteiger partial charge on any atom is 0.198 e. The van der Waals surface area contributed by atoms with Gasteiger partial charge in [0.05, 0.1) is 11.8 Å². The van der Waals surface area contributed by atoms with E-state index in [1.807, 2.05) is 19.9 Å². The first-order valence-corrected chi connectivity index (χ1v) is 5.58. The fraction of sp³-hybridized carbons (Fsp3) is 0.231. The first-order valence-electron chi connectivity index (χ1n) is 5.58. The average molecular weight is 245 g/mol. The van der Waals surface area contributed by atoms with Crippen molar-refractivity contribution in [2.24, 2.45) is 0 Å². The fourth-order valence-corrected chi connectivity index (χ4v) is 1.75. The lowest BCUT2D eigenvalue weighted by molar-refractivity contribution is 0.0199. The van der Waals surface area contributed by atoms with Crippen molar-refractivity contribution in [1.29, 1.82) is 0 Å². The topological polar surface area (TPSA) is 70.1 Å². The van der Waals surface area contributed by atoms with Gasteiger partial charge in [-0.1, -0.05) is 12.1 Å². The van der Waals surface area contributed by atoms with Crippen LogP contribution in [-0.2, 0) is 5.72 Å². The van der Waals surface area contributed by atoms with Crippen molar-refractivity contribution in [2.75, 3.05) is 5.73 Å². The summed E-state index contributed by atoms with van der Waals surface area (Å²) in [5.41, 5.74) is 5.53. The molecular formula is C13H15N3O2. The lowest BCUT2D eigenvalue weighted by Crippen LogP contribution is -2.35. The highest BCUT2D eigenvalue weighted by Crippen LogP contribution is 2.26. The third-order valence-corrected chi connectivity index (χ3v) is 2.59. The minimum absolute atomic E-state index is 0.497. The minimum Gasteiger partial charge on any atom is -0.466 e. The summed E-state index contributed by atoms with van der Waals surface area (Å²) in [6, 6.07) is 8.73. The fourth-order valence-electron chi connectivity index (χ4n) is 1.75. The van der Waals surface area contributed by atoms with Crippen LogP contribution in [0.2, 0.25) is 0 Å². The molecule has 18 heavy (non-hydrogen) atoms. The van der Waals surface area contributed by atoms with Gasteiger partial charge in [0.1, 0.15) is 11.6 Å². The number of rotatable bonds is 4. The van der Waals surface area contributed by atoms with Crippen LogP contribution in [0.25, 0.3) is 0 Å². The third-order valence-electron chi connectivity index (χ3n) is 2.59. The number of benzene rings is 1. The van der Waals surface area contributed by atoms with Crippen molar-refractivity contribution in [3.8, 4) is 5.75 Å². The summed E-state index contributed by atoms with van der Waals surface area (Å²) in [7, 11) is 0. The molecular weight excluding hydrogens is 230 g/mol. The normalized spacial score (nSPS) is 11.2. The molecule has 2 aromatic rings. The van der Waals surface area contributed by atoms with Crippen molar-refractivity contribution in [1.82, 2.24) is 9.78 Å². The highest BCUT2D eigenvalue weighted by molar-refractivity contribution is 5.79. The van der Waals surface area contributed by atoms with Gasteiger partial charge in [-0.05, 0) is 26.0 Å². The number of nitrogens with two attached hydrogens (primary N) is 1. The van der Waals surface area contributed by atoms with Crippen LogP contribution in [-0.4, -0.2) is 16.1 Å². The average Bonchev–Trinajstić information content (AvgIpc) is 2.76. The summed E-state index contributed by atoms with van der Waals surface area (Å²) >= 11 is 0. The summed E-state index contributed by atoms with van der Waals surface area (Å²) < 4.78 is 7.40. The van der Waals surface area contributed by atoms with E-state index in [0.29, 0.717) is 17.1 Å². The van der Waals surface area contributed by atoms with Gasteiger partial charge in [-0.25, -0.2) is 4.68 Å². The second-order valence-electron chi connectivity index (χ2n) is 4.37. The summed E-state index contributed by atoms with van der Waals surface area (Å²) in [5.74, 6) is 1.01. The number of carbonyl (C=O) groups excluding carboxylic acids is 1. The number of aldehydes is 1. The predicted molar refractivity (Wildman–Crippen MR) is 68.4 cm³/mol. The highest BCUT2D eigenvalue weighted by atomic mass is 16.5. The SMILES string of the molecule is CC(C)(Oc1ccccc1C=O)n1nccc1N. The molecule has 0 aliphatic heterocycles. The predicted octanol–water partition coefficient (Wildman–Crippen LogP) is 2.05. The number of para-hydroxylation sites is 1. The molecule has 0 radical (unpaired) electrons. The van der Waals surface area contributed by atoms with Crippen LogP contribution < -0.4 is 10.5 Å². The van der Waals surface area contributed by atoms with Crippen LogP contribution in [0.3, 0.4) is 0 Å². The molecule has 0 atom stereocenters. The molecule has 5 nitrogen and oxygen atoms in total. The van der Waals surface area contributed by atoms with Gasteiger partial charge in [0.25, 0.3) is 0 Å². The Kier molecular flexibility index (Phi) is 3.06. The molecule has 94 valence electrons. The Morgan fingerprint density at radius 3 is 2.67 bits per heavy atom. The Bertz CT molecular complexity index is 561. The van der Waals surface area contributed by atoms with Crippen molar-refractivity contribution >= 4 is 12.1 Å². The molecule has 0 aliphatic rings. The van der Waals surface area contributed by atoms with E-state index < -0.39 is 5.72 Å². The third kappa shape index (κ3) is 2.20. The van der Waals surface area contributed by atoms with E-state index in [-0.39, 0.29) is 0 Å². The number of carbonyl (C=O) groups is 1. The van der Waals surface area contributed by atoms with Gasteiger partial charge in [-0.3, -0.25) is 4.79 Å². The summed E-state index contributed by atoms with van der Waals surface area (Å²) in [6.45, 7) is 3.66. The van der Waals surface area contributed by atoms with Crippen molar-refractivity contribution in [2.45, 2.75) is 19.6 Å². The number of hydrogen-bond acceptors (Lipinski definition) is 4. The molecule has 2 N–H and O–H groups in total. The van der Waals surface area contributed by atoms with E-state index in [9.17, 15) is 4.79 Å². The zero-order valence-electron chi connectivity index (χ0n) is 10.3. The van der Waals surface area contributed by atoms with Crippen LogP contribution in [0.5, 0.6) is 5.75 Å². The van der Waals surface area contributed by atoms with Crippen LogP contribution in [0.4, 0.5) is 5.82 Å². The monoisotopic (exact) mass is 245 g/mol. The number of nitrogens with zero attached hydrogens (tertiary/aromatic N) is 2. The van der Waals surface area contributed by atoms with Crippen molar-refractivity contribution < 1.29 is 9.53 Å². The highest BCUT2D eigenvalue weighted by Gasteiger charge is 2.25. The zero-order chi connectivity index (χ0) is 13.2. The van der Waals surface area contributed by atoms with Gasteiger partial charge in [0.2, 0.25) is 0 Å². The Hall–Kier alpha value is -2.30. The van der Waals surface area contributed by atoms with Gasteiger partial charge < -0.3 is 10.5 Å². The summed E-state index contributed by atoms with van der Waals surface area (Å²) in [5, 5.41) is 4.12. The molecule has 1 aromatic heterocycles. The van der Waals surface area contributed by atoms with Gasteiger partial charge in [-0.15, -0.1) is 0 Å². The van der Waals surface area contributed by atoms with E-state index in [1.165, 1.54) is 0 Å². The number of hydrogen-bond donors (Lipinski definition) is 1. The van der Waals surface area contributed by atoms with Crippen LogP contribution in [0.15, 0.2) is 36.5 Å². The van der Waals surface area contributed by atoms with Gasteiger partial charge in [0, 0.05) is 6.07 Å². The number of nitrogen functional groups attached to an aromatic ring is 1. The second-order valence-corrected chi connectivity index (χ2v) is 4.37. The van der Waals surface area contributed by atoms with Gasteiger partial charge >= 0.3 is 0 Å². The number of aromatic nitrogens is 2. The molecule has 0 fully saturated rings. The molecule has 0 saturated carbocycles. The Morgan fingerprint density at radius 2 is 2.06 bits per heavy atom. The Labute approximate surface area is 105 Å². The molecule has 0 spiro atoms. The van der Waals surface area contributed by atoms with Crippen molar-refractivity contribution in [3.63, 3.8) is 0 Å². The summed E-state index contributed by atoms with van der Waals surface area (Å²) in [6.07, 6.45) is 2.37. The molecule has 1 heterocycles. The van der Waals surface area contributed by atoms with E-state index in [0.717, 1.165) is 6.29 Å². The van der Waals surface area contributed by atoms with Gasteiger partial charge in [0.15, 0.2) is 12.0 Å². The first-order chi connectivity index (χ1) is 8.54.